The van der Waals surface area contributed by atoms with E-state index in [1.807, 2.05) is 37.4 Å². The quantitative estimate of drug-likeness (QED) is 0.548. The van der Waals surface area contributed by atoms with Gasteiger partial charge in [0, 0.05) is 11.1 Å². The van der Waals surface area contributed by atoms with Crippen LogP contribution < -0.4 is 5.84 Å². The first kappa shape index (κ1) is 7.50. The van der Waals surface area contributed by atoms with Crippen LogP contribution in [-0.4, -0.2) is 4.68 Å². The number of hydrogen-bond acceptors (Lipinski definition) is 2. The summed E-state index contributed by atoms with van der Waals surface area (Å²) in [4.78, 5) is 0. The zero-order valence-electron chi connectivity index (χ0n) is 7.82. The molecule has 14 heavy (non-hydrogen) atoms. The van der Waals surface area contributed by atoms with E-state index in [2.05, 4.69) is 0 Å². The van der Waals surface area contributed by atoms with Crippen molar-refractivity contribution in [2.75, 3.05) is 5.84 Å². The van der Waals surface area contributed by atoms with Crippen molar-refractivity contribution in [1.29, 1.82) is 0 Å². The zero-order chi connectivity index (χ0) is 9.71. The summed E-state index contributed by atoms with van der Waals surface area (Å²) in [5, 5.41) is 2.24. The molecule has 0 fully saturated rings. The highest BCUT2D eigenvalue weighted by molar-refractivity contribution is 6.06. The van der Waals surface area contributed by atoms with Crippen molar-refractivity contribution in [3.8, 4) is 0 Å². The highest BCUT2D eigenvalue weighted by atomic mass is 16.3. The third kappa shape index (κ3) is 0.763. The van der Waals surface area contributed by atoms with E-state index in [1.54, 1.807) is 4.68 Å². The Kier molecular flexibility index (Phi) is 1.24. The van der Waals surface area contributed by atoms with E-state index in [9.17, 15) is 0 Å². The number of aryl methyl sites for hydroxylation is 1. The minimum Gasteiger partial charge on any atom is -0.454 e. The molecule has 0 bridgehead atoms. The van der Waals surface area contributed by atoms with Gasteiger partial charge in [-0.2, -0.15) is 0 Å². The molecule has 2 aromatic heterocycles. The van der Waals surface area contributed by atoms with Crippen LogP contribution in [0.4, 0.5) is 0 Å². The summed E-state index contributed by atoms with van der Waals surface area (Å²) >= 11 is 0. The van der Waals surface area contributed by atoms with Crippen molar-refractivity contribution >= 4 is 21.9 Å². The van der Waals surface area contributed by atoms with Crippen molar-refractivity contribution in [2.24, 2.45) is 0 Å². The third-order valence-corrected chi connectivity index (χ3v) is 2.63. The van der Waals surface area contributed by atoms with E-state index < -0.39 is 0 Å². The smallest absolute Gasteiger partial charge is 0.155 e. The Morgan fingerprint density at radius 1 is 1.21 bits per heavy atom. The van der Waals surface area contributed by atoms with Crippen LogP contribution in [0.3, 0.4) is 0 Å². The second-order valence-corrected chi connectivity index (χ2v) is 3.46. The molecule has 3 rings (SSSR count). The Morgan fingerprint density at radius 2 is 2.00 bits per heavy atom. The summed E-state index contributed by atoms with van der Waals surface area (Å²) in [6.45, 7) is 1.99. The van der Waals surface area contributed by atoms with Crippen molar-refractivity contribution in [3.05, 3.63) is 36.2 Å². The first-order valence-electron chi connectivity index (χ1n) is 4.51. The lowest BCUT2D eigenvalue weighted by molar-refractivity contribution is 0.666. The maximum Gasteiger partial charge on any atom is 0.155 e. The van der Waals surface area contributed by atoms with E-state index in [1.165, 1.54) is 0 Å². The molecule has 3 aromatic rings. The Bertz CT molecular complexity index is 619. The van der Waals surface area contributed by atoms with Crippen molar-refractivity contribution in [2.45, 2.75) is 6.92 Å². The predicted octanol–water partition coefficient (Wildman–Crippen LogP) is 2.41. The lowest BCUT2D eigenvalue weighted by Crippen LogP contribution is -2.07. The van der Waals surface area contributed by atoms with Crippen LogP contribution in [0.15, 0.2) is 34.9 Å². The first-order chi connectivity index (χ1) is 6.77. The van der Waals surface area contributed by atoms with Crippen molar-refractivity contribution in [3.63, 3.8) is 0 Å². The van der Waals surface area contributed by atoms with Crippen molar-refractivity contribution in [1.82, 2.24) is 4.68 Å². The Morgan fingerprint density at radius 3 is 2.86 bits per heavy atom. The van der Waals surface area contributed by atoms with Gasteiger partial charge in [-0.15, -0.1) is 0 Å². The molecule has 0 aliphatic carbocycles. The SMILES string of the molecule is Cc1c2c(cn1N)oc1ccccc12. The molecule has 0 aliphatic heterocycles. The largest absolute Gasteiger partial charge is 0.454 e. The fraction of sp³-hybridized carbons (Fsp3) is 0.0909. The van der Waals surface area contributed by atoms with Crippen molar-refractivity contribution < 1.29 is 4.42 Å². The fourth-order valence-electron chi connectivity index (χ4n) is 1.88. The summed E-state index contributed by atoms with van der Waals surface area (Å²) in [5.41, 5.74) is 2.80. The molecule has 0 unspecified atom stereocenters. The number of nitrogens with zero attached hydrogens (tertiary/aromatic N) is 1. The molecule has 3 nitrogen and oxygen atoms in total. The van der Waals surface area contributed by atoms with Gasteiger partial charge in [-0.25, -0.2) is 0 Å². The second kappa shape index (κ2) is 2.32. The van der Waals surface area contributed by atoms with Gasteiger partial charge >= 0.3 is 0 Å². The molecular weight excluding hydrogens is 176 g/mol. The number of nitrogen functional groups attached to an aromatic ring is 1. The van der Waals surface area contributed by atoms with Gasteiger partial charge in [-0.05, 0) is 13.0 Å². The van der Waals surface area contributed by atoms with Crippen LogP contribution in [0.2, 0.25) is 0 Å². The topological polar surface area (TPSA) is 44.1 Å². The third-order valence-electron chi connectivity index (χ3n) is 2.63. The Labute approximate surface area is 80.7 Å². The molecule has 70 valence electrons. The number of nitrogens with two attached hydrogens (primary N) is 1. The predicted molar refractivity (Wildman–Crippen MR) is 56.6 cm³/mol. The zero-order valence-corrected chi connectivity index (χ0v) is 7.82. The highest BCUT2D eigenvalue weighted by Gasteiger charge is 2.11. The number of para-hydroxylation sites is 1. The number of furan rings is 1. The maximum atomic E-state index is 5.74. The molecule has 0 atom stereocenters. The number of fused-ring (bicyclic) bond motifs is 3. The van der Waals surface area contributed by atoms with Gasteiger partial charge in [0.2, 0.25) is 0 Å². The van der Waals surface area contributed by atoms with Gasteiger partial charge in [0.25, 0.3) is 0 Å². The number of hydrogen-bond donors (Lipinski definition) is 1. The molecule has 0 spiro atoms. The van der Waals surface area contributed by atoms with Crippen LogP contribution in [-0.2, 0) is 0 Å². The molecule has 0 aliphatic rings. The second-order valence-electron chi connectivity index (χ2n) is 3.46. The minimum absolute atomic E-state index is 0.853. The molecule has 0 saturated carbocycles. The summed E-state index contributed by atoms with van der Waals surface area (Å²) in [6.07, 6.45) is 1.81. The molecule has 0 amide bonds. The van der Waals surface area contributed by atoms with Gasteiger partial charge < -0.3 is 10.3 Å². The lowest BCUT2D eigenvalue weighted by atomic mass is 10.2. The highest BCUT2D eigenvalue weighted by Crippen LogP contribution is 2.31. The molecular formula is C11H10N2O. The molecule has 0 radical (unpaired) electrons. The van der Waals surface area contributed by atoms with Crippen LogP contribution in [0, 0.1) is 6.92 Å². The van der Waals surface area contributed by atoms with E-state index >= 15 is 0 Å². The van der Waals surface area contributed by atoms with Gasteiger partial charge in [0.1, 0.15) is 5.58 Å². The van der Waals surface area contributed by atoms with Gasteiger partial charge in [-0.3, -0.25) is 4.68 Å². The normalized spacial score (nSPS) is 11.5. The summed E-state index contributed by atoms with van der Waals surface area (Å²) in [5.74, 6) is 5.74. The monoisotopic (exact) mass is 186 g/mol. The number of benzene rings is 1. The van der Waals surface area contributed by atoms with Gasteiger partial charge in [0.15, 0.2) is 5.58 Å². The summed E-state index contributed by atoms with van der Waals surface area (Å²) in [7, 11) is 0. The van der Waals surface area contributed by atoms with Crippen LogP contribution in [0.25, 0.3) is 21.9 Å². The molecule has 2 N–H and O–H groups in total. The summed E-state index contributed by atoms with van der Waals surface area (Å²) < 4.78 is 7.25. The average Bonchev–Trinajstić information content (AvgIpc) is 2.65. The lowest BCUT2D eigenvalue weighted by Gasteiger charge is -1.94. The van der Waals surface area contributed by atoms with Crippen LogP contribution >= 0.6 is 0 Å². The van der Waals surface area contributed by atoms with Gasteiger partial charge in [0.05, 0.1) is 11.6 Å². The van der Waals surface area contributed by atoms with E-state index in [4.69, 9.17) is 10.3 Å². The minimum atomic E-state index is 0.853. The van der Waals surface area contributed by atoms with E-state index in [0.717, 1.165) is 27.6 Å². The number of aromatic nitrogens is 1. The van der Waals surface area contributed by atoms with Gasteiger partial charge in [-0.1, -0.05) is 18.2 Å². The Hall–Kier alpha value is -1.90. The number of rotatable bonds is 0. The van der Waals surface area contributed by atoms with E-state index in [0.29, 0.717) is 0 Å². The maximum absolute atomic E-state index is 5.74. The molecule has 3 heteroatoms. The average molecular weight is 186 g/mol. The fourth-order valence-corrected chi connectivity index (χ4v) is 1.88. The Balaban J connectivity index is 2.62. The first-order valence-corrected chi connectivity index (χ1v) is 4.51. The standard InChI is InChI=1S/C11H10N2O/c1-7-11-8-4-2-3-5-9(8)14-10(11)6-13(7)12/h2-6H,12H2,1H3. The van der Waals surface area contributed by atoms with Crippen LogP contribution in [0.1, 0.15) is 5.69 Å². The van der Waals surface area contributed by atoms with Crippen LogP contribution in [0.5, 0.6) is 0 Å². The molecule has 0 saturated heterocycles. The summed E-state index contributed by atoms with van der Waals surface area (Å²) in [6, 6.07) is 7.99. The molecule has 1 aromatic carbocycles. The van der Waals surface area contributed by atoms with E-state index in [-0.39, 0.29) is 0 Å². The molecule has 2 heterocycles.